The molecule has 0 aromatic heterocycles. The summed E-state index contributed by atoms with van der Waals surface area (Å²) in [5, 5.41) is 30.1. The third-order valence-electron chi connectivity index (χ3n) is 9.06. The van der Waals surface area contributed by atoms with Crippen molar-refractivity contribution < 1.29 is 47.9 Å². The van der Waals surface area contributed by atoms with E-state index in [1.54, 1.807) is 30.3 Å². The molecule has 0 aliphatic carbocycles. The van der Waals surface area contributed by atoms with Gasteiger partial charge in [0, 0.05) is 39.3 Å². The Morgan fingerprint density at radius 3 is 2.02 bits per heavy atom. The molecule has 330 valence electrons. The fourth-order valence-corrected chi connectivity index (χ4v) is 5.81. The van der Waals surface area contributed by atoms with Gasteiger partial charge in [0.25, 0.3) is 0 Å². The first-order valence-electron chi connectivity index (χ1n) is 19.4. The lowest BCUT2D eigenvalue weighted by atomic mass is 10.0. The Hall–Kier alpha value is -6.81. The average molecular weight is 844 g/mol. The van der Waals surface area contributed by atoms with E-state index in [1.165, 1.54) is 13.8 Å². The Labute approximate surface area is 346 Å². The number of carbonyl (C=O) groups is 10. The van der Waals surface area contributed by atoms with E-state index in [-0.39, 0.29) is 76.8 Å². The topological polar surface area (TPSA) is 381 Å². The van der Waals surface area contributed by atoms with Gasteiger partial charge in [0.2, 0.25) is 59.1 Å². The molecule has 23 nitrogen and oxygen atoms in total. The van der Waals surface area contributed by atoms with Gasteiger partial charge < -0.3 is 65.1 Å². The first kappa shape index (κ1) is 49.3. The molecule has 1 aromatic carbocycles. The van der Waals surface area contributed by atoms with Crippen LogP contribution in [-0.2, 0) is 54.4 Å². The molecule has 1 aliphatic heterocycles. The van der Waals surface area contributed by atoms with Gasteiger partial charge in [-0.15, -0.1) is 0 Å². The zero-order valence-electron chi connectivity index (χ0n) is 33.7. The van der Waals surface area contributed by atoms with Crippen LogP contribution in [0.15, 0.2) is 30.3 Å². The largest absolute Gasteiger partial charge is 0.370 e. The minimum absolute atomic E-state index is 0.0192. The predicted molar refractivity (Wildman–Crippen MR) is 214 cm³/mol. The maximum atomic E-state index is 14.1. The van der Waals surface area contributed by atoms with Crippen LogP contribution in [0.25, 0.3) is 0 Å². The first-order valence-corrected chi connectivity index (χ1v) is 19.4. The van der Waals surface area contributed by atoms with Gasteiger partial charge in [-0.25, -0.2) is 0 Å². The normalized spacial score (nSPS) is 22.8. The Bertz CT molecular complexity index is 1730. The van der Waals surface area contributed by atoms with E-state index in [1.807, 2.05) is 0 Å². The second kappa shape index (κ2) is 25.5. The molecule has 1 fully saturated rings. The summed E-state index contributed by atoms with van der Waals surface area (Å²) in [5.41, 5.74) is 16.8. The van der Waals surface area contributed by atoms with Gasteiger partial charge in [-0.3, -0.25) is 53.4 Å². The second-order valence-corrected chi connectivity index (χ2v) is 14.1. The van der Waals surface area contributed by atoms with Crippen molar-refractivity contribution in [2.24, 2.45) is 17.2 Å². The molecule has 16 N–H and O–H groups in total. The zero-order valence-corrected chi connectivity index (χ0v) is 33.7. The van der Waals surface area contributed by atoms with E-state index >= 15 is 0 Å². The summed E-state index contributed by atoms with van der Waals surface area (Å²) < 4.78 is 0. The van der Waals surface area contributed by atoms with Crippen LogP contribution in [0.2, 0.25) is 0 Å². The third kappa shape index (κ3) is 19.1. The second-order valence-electron chi connectivity index (χ2n) is 14.1. The number of nitrogens with one attached hydrogen (secondary N) is 10. The summed E-state index contributed by atoms with van der Waals surface area (Å²) in [5.74, 6) is -8.22. The minimum Gasteiger partial charge on any atom is -0.370 e. The SMILES string of the molecule is CC(=O)NCC(=O)NC1CCCNC(=O)CCC(C(N)=O)NC(=O)[C@H](C)NC(=O)C(CCCNC(=N)N)NC(=O)C(Cc2ccccc2)NC(=O)[C@H](CCC(N)=O)NC1=O. The van der Waals surface area contributed by atoms with E-state index in [0.717, 1.165) is 0 Å². The van der Waals surface area contributed by atoms with Crippen molar-refractivity contribution in [3.05, 3.63) is 35.9 Å². The summed E-state index contributed by atoms with van der Waals surface area (Å²) in [6.45, 7) is 2.13. The fourth-order valence-electron chi connectivity index (χ4n) is 5.81. The molecule has 6 atom stereocenters. The lowest BCUT2D eigenvalue weighted by Crippen LogP contribution is -2.60. The summed E-state index contributed by atoms with van der Waals surface area (Å²) in [7, 11) is 0. The van der Waals surface area contributed by atoms with Gasteiger partial charge >= 0.3 is 0 Å². The van der Waals surface area contributed by atoms with Crippen LogP contribution in [-0.4, -0.2) is 121 Å². The number of amides is 10. The molecule has 0 saturated carbocycles. The van der Waals surface area contributed by atoms with Crippen LogP contribution in [0.5, 0.6) is 0 Å². The molecular weight excluding hydrogens is 786 g/mol. The van der Waals surface area contributed by atoms with Crippen molar-refractivity contribution in [1.29, 1.82) is 5.41 Å². The molecule has 2 rings (SSSR count). The van der Waals surface area contributed by atoms with E-state index in [2.05, 4.69) is 47.9 Å². The van der Waals surface area contributed by atoms with Gasteiger partial charge in [0.15, 0.2) is 5.96 Å². The van der Waals surface area contributed by atoms with Crippen LogP contribution in [0.3, 0.4) is 0 Å². The van der Waals surface area contributed by atoms with Gasteiger partial charge in [-0.2, -0.15) is 0 Å². The summed E-state index contributed by atoms with van der Waals surface area (Å²) in [6, 6.07) is 0.370. The Morgan fingerprint density at radius 1 is 0.767 bits per heavy atom. The molecule has 0 radical (unpaired) electrons. The van der Waals surface area contributed by atoms with Crippen LogP contribution in [0.1, 0.15) is 70.8 Å². The highest BCUT2D eigenvalue weighted by molar-refractivity contribution is 5.97. The van der Waals surface area contributed by atoms with Gasteiger partial charge in [-0.1, -0.05) is 30.3 Å². The highest BCUT2D eigenvalue weighted by Gasteiger charge is 2.33. The number of hydrogen-bond acceptors (Lipinski definition) is 11. The highest BCUT2D eigenvalue weighted by Crippen LogP contribution is 2.09. The maximum absolute atomic E-state index is 14.1. The van der Waals surface area contributed by atoms with Gasteiger partial charge in [0.1, 0.15) is 36.3 Å². The van der Waals surface area contributed by atoms with Crippen molar-refractivity contribution >= 4 is 65.0 Å². The molecule has 1 aromatic rings. The van der Waals surface area contributed by atoms with E-state index < -0.39 is 102 Å². The number of rotatable bonds is 13. The van der Waals surface area contributed by atoms with Crippen molar-refractivity contribution in [2.45, 2.75) is 108 Å². The minimum atomic E-state index is -1.48. The van der Waals surface area contributed by atoms with Gasteiger partial charge in [0.05, 0.1) is 6.54 Å². The quantitative estimate of drug-likeness (QED) is 0.0505. The predicted octanol–water partition coefficient (Wildman–Crippen LogP) is -5.00. The lowest BCUT2D eigenvalue weighted by molar-refractivity contribution is -0.135. The standard InChI is InChI=1S/C37H57N13O10/c1-20-32(56)47-23(31(39)55)13-15-29(53)42-16-6-10-24(46-30(54)19-44-21(2)51)34(58)49-26(12-14-28(38)52)35(59)50-27(18-22-8-4-3-5-9-22)36(60)48-25(33(57)45-20)11-7-17-43-37(40)41/h3-5,8-9,20,23-27H,6-7,10-19H2,1-2H3,(H2,38,52)(H2,39,55)(H,42,53)(H,44,51)(H,45,57)(H,46,54)(H,47,56)(H,48,60)(H,49,58)(H,50,59)(H4,40,41,43)/t20-,23?,24?,25?,26-,27?/m0/s1. The van der Waals surface area contributed by atoms with Crippen LogP contribution in [0, 0.1) is 5.41 Å². The number of carbonyl (C=O) groups excluding carboxylic acids is 10. The fraction of sp³-hybridized carbons (Fsp3) is 0.541. The molecule has 60 heavy (non-hydrogen) atoms. The lowest BCUT2D eigenvalue weighted by Gasteiger charge is -2.27. The molecule has 0 bridgehead atoms. The van der Waals surface area contributed by atoms with E-state index in [9.17, 15) is 47.9 Å². The number of hydrogen-bond donors (Lipinski definition) is 13. The molecule has 1 heterocycles. The number of guanidine groups is 1. The molecule has 1 aliphatic rings. The van der Waals surface area contributed by atoms with E-state index in [4.69, 9.17) is 22.6 Å². The number of primary amides is 2. The van der Waals surface area contributed by atoms with Crippen LogP contribution in [0.4, 0.5) is 0 Å². The summed E-state index contributed by atoms with van der Waals surface area (Å²) in [4.78, 5) is 129. The first-order chi connectivity index (χ1) is 28.4. The summed E-state index contributed by atoms with van der Waals surface area (Å²) >= 11 is 0. The van der Waals surface area contributed by atoms with Crippen LogP contribution >= 0.6 is 0 Å². The molecule has 23 heteroatoms. The van der Waals surface area contributed by atoms with E-state index in [0.29, 0.717) is 5.56 Å². The zero-order chi connectivity index (χ0) is 44.8. The van der Waals surface area contributed by atoms with Gasteiger partial charge in [-0.05, 0) is 51.0 Å². The summed E-state index contributed by atoms with van der Waals surface area (Å²) in [6.07, 6.45) is -1.16. The van der Waals surface area contributed by atoms with Crippen molar-refractivity contribution in [2.75, 3.05) is 19.6 Å². The molecule has 1 saturated heterocycles. The Morgan fingerprint density at radius 2 is 1.38 bits per heavy atom. The molecule has 10 amide bonds. The Balaban J connectivity index is 2.58. The highest BCUT2D eigenvalue weighted by atomic mass is 16.2. The van der Waals surface area contributed by atoms with Crippen molar-refractivity contribution in [1.82, 2.24) is 47.9 Å². The van der Waals surface area contributed by atoms with Crippen molar-refractivity contribution in [3.63, 3.8) is 0 Å². The molecular formula is C37H57N13O10. The molecule has 0 spiro atoms. The van der Waals surface area contributed by atoms with Crippen molar-refractivity contribution in [3.8, 4) is 0 Å². The third-order valence-corrected chi connectivity index (χ3v) is 9.06. The number of benzene rings is 1. The number of nitrogens with two attached hydrogens (primary N) is 3. The van der Waals surface area contributed by atoms with Crippen LogP contribution < -0.4 is 65.1 Å². The monoisotopic (exact) mass is 843 g/mol. The smallest absolute Gasteiger partial charge is 0.243 e. The average Bonchev–Trinajstić information content (AvgIpc) is 3.18. The molecule has 4 unspecified atom stereocenters. The maximum Gasteiger partial charge on any atom is 0.243 e. The Kier molecular flexibility index (Phi) is 21.0.